The predicted molar refractivity (Wildman–Crippen MR) is 87.2 cm³/mol. The van der Waals surface area contributed by atoms with Crippen molar-refractivity contribution in [2.45, 2.75) is 64.0 Å². The van der Waals surface area contributed by atoms with Crippen LogP contribution >= 0.6 is 0 Å². The van der Waals surface area contributed by atoms with Crippen molar-refractivity contribution in [3.05, 3.63) is 0 Å². The number of hydrogen-bond donors (Lipinski definition) is 1. The lowest BCUT2D eigenvalue weighted by molar-refractivity contribution is 0.207. The van der Waals surface area contributed by atoms with Crippen LogP contribution in [0.1, 0.15) is 51.9 Å². The van der Waals surface area contributed by atoms with Gasteiger partial charge in [-0.2, -0.15) is 0 Å². The van der Waals surface area contributed by atoms with Crippen molar-refractivity contribution in [3.63, 3.8) is 0 Å². The highest BCUT2D eigenvalue weighted by atomic mass is 15.2. The average molecular weight is 281 g/mol. The third-order valence-electron chi connectivity index (χ3n) is 5.39. The average Bonchev–Trinajstić information content (AvgIpc) is 3.04. The molecule has 1 saturated heterocycles. The Labute approximate surface area is 126 Å². The second-order valence-electron chi connectivity index (χ2n) is 7.08. The van der Waals surface area contributed by atoms with Gasteiger partial charge in [-0.1, -0.05) is 13.3 Å². The molecule has 3 atom stereocenters. The molecule has 1 saturated carbocycles. The zero-order valence-electron chi connectivity index (χ0n) is 13.9. The minimum absolute atomic E-state index is 0.803. The van der Waals surface area contributed by atoms with E-state index in [9.17, 15) is 0 Å². The first-order valence-electron chi connectivity index (χ1n) is 8.83. The summed E-state index contributed by atoms with van der Waals surface area (Å²) < 4.78 is 0. The van der Waals surface area contributed by atoms with Crippen molar-refractivity contribution in [2.75, 3.05) is 40.3 Å². The monoisotopic (exact) mass is 281 g/mol. The fourth-order valence-electron chi connectivity index (χ4n) is 4.03. The van der Waals surface area contributed by atoms with Gasteiger partial charge < -0.3 is 15.1 Å². The van der Waals surface area contributed by atoms with Gasteiger partial charge in [-0.15, -0.1) is 0 Å². The minimum atomic E-state index is 0.803. The van der Waals surface area contributed by atoms with E-state index in [-0.39, 0.29) is 0 Å². The van der Waals surface area contributed by atoms with Gasteiger partial charge in [0.25, 0.3) is 0 Å². The number of hydrogen-bond acceptors (Lipinski definition) is 3. The van der Waals surface area contributed by atoms with Gasteiger partial charge in [-0.25, -0.2) is 0 Å². The van der Waals surface area contributed by atoms with Crippen molar-refractivity contribution in [2.24, 2.45) is 5.92 Å². The SMILES string of the molecule is CCCNC1CCCC1CCN(C)CC1CCCN1C. The maximum atomic E-state index is 3.76. The lowest BCUT2D eigenvalue weighted by Gasteiger charge is -2.28. The van der Waals surface area contributed by atoms with Gasteiger partial charge in [0.05, 0.1) is 0 Å². The molecule has 3 unspecified atom stereocenters. The molecule has 0 aromatic carbocycles. The van der Waals surface area contributed by atoms with Crippen molar-refractivity contribution < 1.29 is 0 Å². The summed E-state index contributed by atoms with van der Waals surface area (Å²) in [6, 6.07) is 1.61. The summed E-state index contributed by atoms with van der Waals surface area (Å²) in [4.78, 5) is 5.11. The molecule has 2 rings (SSSR count). The molecule has 0 radical (unpaired) electrons. The van der Waals surface area contributed by atoms with E-state index in [1.54, 1.807) is 0 Å². The molecule has 1 heterocycles. The normalized spacial score (nSPS) is 31.5. The summed E-state index contributed by atoms with van der Waals surface area (Å²) in [5.41, 5.74) is 0. The van der Waals surface area contributed by atoms with E-state index < -0.39 is 0 Å². The van der Waals surface area contributed by atoms with Gasteiger partial charge in [0, 0.05) is 18.6 Å². The molecule has 2 aliphatic rings. The highest BCUT2D eigenvalue weighted by Gasteiger charge is 2.27. The van der Waals surface area contributed by atoms with E-state index >= 15 is 0 Å². The number of nitrogens with zero attached hydrogens (tertiary/aromatic N) is 2. The maximum absolute atomic E-state index is 3.76. The molecule has 0 aromatic rings. The molecular weight excluding hydrogens is 246 g/mol. The first kappa shape index (κ1) is 16.3. The van der Waals surface area contributed by atoms with Crippen molar-refractivity contribution in [3.8, 4) is 0 Å². The smallest absolute Gasteiger partial charge is 0.0220 e. The summed E-state index contributed by atoms with van der Waals surface area (Å²) in [7, 11) is 4.60. The molecule has 0 aromatic heterocycles. The zero-order chi connectivity index (χ0) is 14.4. The third-order valence-corrected chi connectivity index (χ3v) is 5.39. The van der Waals surface area contributed by atoms with E-state index in [4.69, 9.17) is 0 Å². The highest BCUT2D eigenvalue weighted by Crippen LogP contribution is 2.28. The Hall–Kier alpha value is -0.120. The Morgan fingerprint density at radius 2 is 2.05 bits per heavy atom. The fourth-order valence-corrected chi connectivity index (χ4v) is 4.03. The largest absolute Gasteiger partial charge is 0.314 e. The molecule has 0 bridgehead atoms. The lowest BCUT2D eigenvalue weighted by atomic mass is 9.99. The number of nitrogens with one attached hydrogen (secondary N) is 1. The second-order valence-corrected chi connectivity index (χ2v) is 7.08. The Balaban J connectivity index is 1.65. The number of likely N-dealkylation sites (N-methyl/N-ethyl adjacent to an activating group) is 2. The molecular formula is C17H35N3. The number of likely N-dealkylation sites (tertiary alicyclic amines) is 1. The Bertz CT molecular complexity index is 269. The molecule has 3 nitrogen and oxygen atoms in total. The van der Waals surface area contributed by atoms with Crippen molar-refractivity contribution >= 4 is 0 Å². The molecule has 2 fully saturated rings. The molecule has 1 aliphatic heterocycles. The zero-order valence-corrected chi connectivity index (χ0v) is 13.9. The van der Waals surface area contributed by atoms with Gasteiger partial charge >= 0.3 is 0 Å². The van der Waals surface area contributed by atoms with E-state index in [1.165, 1.54) is 71.1 Å². The summed E-state index contributed by atoms with van der Waals surface area (Å²) in [5.74, 6) is 0.922. The van der Waals surface area contributed by atoms with Crippen LogP contribution < -0.4 is 5.32 Å². The minimum Gasteiger partial charge on any atom is -0.314 e. The van der Waals surface area contributed by atoms with Crippen molar-refractivity contribution in [1.29, 1.82) is 0 Å². The van der Waals surface area contributed by atoms with Crippen LogP contribution in [0.2, 0.25) is 0 Å². The quantitative estimate of drug-likeness (QED) is 0.738. The topological polar surface area (TPSA) is 18.5 Å². The van der Waals surface area contributed by atoms with E-state index in [2.05, 4.69) is 36.1 Å². The first-order valence-corrected chi connectivity index (χ1v) is 8.83. The molecule has 0 amide bonds. The van der Waals surface area contributed by atoms with Crippen LogP contribution in [0.5, 0.6) is 0 Å². The van der Waals surface area contributed by atoms with Crippen LogP contribution in [0.15, 0.2) is 0 Å². The van der Waals surface area contributed by atoms with Gasteiger partial charge in [0.2, 0.25) is 0 Å². The Morgan fingerprint density at radius 1 is 1.20 bits per heavy atom. The second kappa shape index (κ2) is 8.35. The van der Waals surface area contributed by atoms with Crippen LogP contribution in [0.3, 0.4) is 0 Å². The lowest BCUT2D eigenvalue weighted by Crippen LogP contribution is -2.39. The predicted octanol–water partition coefficient (Wildman–Crippen LogP) is 2.57. The van der Waals surface area contributed by atoms with Crippen molar-refractivity contribution in [1.82, 2.24) is 15.1 Å². The summed E-state index contributed by atoms with van der Waals surface area (Å²) >= 11 is 0. The van der Waals surface area contributed by atoms with Crippen LogP contribution in [0.25, 0.3) is 0 Å². The van der Waals surface area contributed by atoms with Gasteiger partial charge in [0.15, 0.2) is 0 Å². The van der Waals surface area contributed by atoms with Crippen LogP contribution in [-0.2, 0) is 0 Å². The maximum Gasteiger partial charge on any atom is 0.0220 e. The van der Waals surface area contributed by atoms with Gasteiger partial charge in [-0.05, 0) is 78.2 Å². The molecule has 3 heteroatoms. The molecule has 0 spiro atoms. The first-order chi connectivity index (χ1) is 9.70. The molecule has 118 valence electrons. The Kier molecular flexibility index (Phi) is 6.79. The summed E-state index contributed by atoms with van der Waals surface area (Å²) in [6.07, 6.45) is 9.70. The summed E-state index contributed by atoms with van der Waals surface area (Å²) in [5, 5.41) is 3.76. The van der Waals surface area contributed by atoms with E-state index in [0.29, 0.717) is 0 Å². The Morgan fingerprint density at radius 3 is 2.75 bits per heavy atom. The van der Waals surface area contributed by atoms with Crippen LogP contribution in [0, 0.1) is 5.92 Å². The van der Waals surface area contributed by atoms with Crippen LogP contribution in [-0.4, -0.2) is 62.2 Å². The molecule has 1 N–H and O–H groups in total. The third kappa shape index (κ3) is 4.71. The molecule has 1 aliphatic carbocycles. The van der Waals surface area contributed by atoms with E-state index in [1.807, 2.05) is 0 Å². The number of rotatable bonds is 8. The highest BCUT2D eigenvalue weighted by molar-refractivity contribution is 4.84. The standard InChI is InChI=1S/C17H35N3/c1-4-11-18-17-9-5-7-15(17)10-13-19(2)14-16-8-6-12-20(16)3/h15-18H,4-14H2,1-3H3. The van der Waals surface area contributed by atoms with Gasteiger partial charge in [0.1, 0.15) is 0 Å². The fraction of sp³-hybridized carbons (Fsp3) is 1.00. The van der Waals surface area contributed by atoms with Gasteiger partial charge in [-0.3, -0.25) is 0 Å². The van der Waals surface area contributed by atoms with Crippen LogP contribution in [0.4, 0.5) is 0 Å². The molecule has 20 heavy (non-hydrogen) atoms. The van der Waals surface area contributed by atoms with E-state index in [0.717, 1.165) is 18.0 Å². The summed E-state index contributed by atoms with van der Waals surface area (Å²) in [6.45, 7) is 7.30.